The van der Waals surface area contributed by atoms with Crippen molar-refractivity contribution in [2.45, 2.75) is 32.2 Å². The lowest BCUT2D eigenvalue weighted by Gasteiger charge is -2.22. The van der Waals surface area contributed by atoms with Crippen molar-refractivity contribution < 1.29 is 4.79 Å². The summed E-state index contributed by atoms with van der Waals surface area (Å²) in [5, 5.41) is 7.95. The summed E-state index contributed by atoms with van der Waals surface area (Å²) in [6.07, 6.45) is 7.03. The summed E-state index contributed by atoms with van der Waals surface area (Å²) < 4.78 is 3.36. The van der Waals surface area contributed by atoms with E-state index in [1.807, 2.05) is 38.2 Å². The van der Waals surface area contributed by atoms with Crippen molar-refractivity contribution >= 4 is 23.2 Å². The fourth-order valence-corrected chi connectivity index (χ4v) is 4.72. The normalized spacial score (nSPS) is 18.2. The topological polar surface area (TPSA) is 94.7 Å². The lowest BCUT2D eigenvalue weighted by molar-refractivity contribution is -0.119. The maximum Gasteiger partial charge on any atom is 0.254 e. The van der Waals surface area contributed by atoms with Crippen LogP contribution in [-0.4, -0.2) is 30.2 Å². The number of benzene rings is 1. The molecule has 1 aliphatic rings. The van der Waals surface area contributed by atoms with Gasteiger partial charge in [-0.3, -0.25) is 23.8 Å². The van der Waals surface area contributed by atoms with Crippen LogP contribution in [0.15, 0.2) is 66.0 Å². The van der Waals surface area contributed by atoms with Gasteiger partial charge in [-0.2, -0.15) is 5.10 Å². The van der Waals surface area contributed by atoms with E-state index in [1.54, 1.807) is 40.1 Å². The Bertz CT molecular complexity index is 1460. The van der Waals surface area contributed by atoms with Crippen molar-refractivity contribution in [2.24, 2.45) is 13.0 Å². The molecule has 4 heterocycles. The van der Waals surface area contributed by atoms with Crippen LogP contribution >= 0.6 is 11.6 Å². The van der Waals surface area contributed by atoms with Crippen LogP contribution in [0.2, 0.25) is 5.02 Å². The minimum atomic E-state index is -0.324. The number of hydrogen-bond acceptors (Lipinski definition) is 5. The molecule has 0 unspecified atom stereocenters. The first kappa shape index (κ1) is 23.0. The average molecular weight is 489 g/mol. The molecule has 1 amide bonds. The third kappa shape index (κ3) is 4.61. The van der Waals surface area contributed by atoms with Gasteiger partial charge in [0.15, 0.2) is 0 Å². The van der Waals surface area contributed by atoms with Crippen LogP contribution in [0, 0.1) is 5.92 Å². The molecule has 4 aromatic rings. The number of rotatable bonds is 2. The fraction of sp³-hybridized carbons (Fsp3) is 0.269. The monoisotopic (exact) mass is 488 g/mol. The van der Waals surface area contributed by atoms with Crippen molar-refractivity contribution in [2.75, 3.05) is 5.32 Å². The number of fused-ring (bicyclic) bond motifs is 4. The zero-order valence-electron chi connectivity index (χ0n) is 19.5. The van der Waals surface area contributed by atoms with Crippen LogP contribution in [0.1, 0.15) is 37.9 Å². The number of carbonyl (C=O) groups is 1. The van der Waals surface area contributed by atoms with Gasteiger partial charge in [0.25, 0.3) is 5.56 Å². The second kappa shape index (κ2) is 9.46. The Labute approximate surface area is 207 Å². The highest BCUT2D eigenvalue weighted by Gasteiger charge is 2.23. The van der Waals surface area contributed by atoms with Crippen molar-refractivity contribution in [3.8, 4) is 22.5 Å². The van der Waals surface area contributed by atoms with E-state index in [0.29, 0.717) is 29.2 Å². The number of amides is 1. The second-order valence-corrected chi connectivity index (χ2v) is 9.30. The molecular formula is C26H25ClN6O2. The number of pyridine rings is 1. The van der Waals surface area contributed by atoms with Crippen LogP contribution in [-0.2, 0) is 11.8 Å². The number of hydrogen-bond donors (Lipinski definition) is 1. The molecule has 0 spiro atoms. The Morgan fingerprint density at radius 3 is 2.71 bits per heavy atom. The molecule has 178 valence electrons. The number of anilines is 1. The fourth-order valence-electron chi connectivity index (χ4n) is 4.53. The highest BCUT2D eigenvalue weighted by atomic mass is 35.5. The lowest BCUT2D eigenvalue weighted by atomic mass is 9.97. The van der Waals surface area contributed by atoms with Gasteiger partial charge < -0.3 is 5.32 Å². The average Bonchev–Trinajstić information content (AvgIpc) is 3.21. The Hall–Kier alpha value is -3.78. The Balaban J connectivity index is 1.60. The number of halogens is 1. The van der Waals surface area contributed by atoms with E-state index in [2.05, 4.69) is 20.4 Å². The molecule has 1 N–H and O–H groups in total. The predicted octanol–water partition coefficient (Wildman–Crippen LogP) is 4.71. The molecule has 9 heteroatoms. The second-order valence-electron chi connectivity index (χ2n) is 8.87. The molecule has 8 nitrogen and oxygen atoms in total. The van der Waals surface area contributed by atoms with Crippen LogP contribution in [0.4, 0.5) is 5.69 Å². The molecule has 0 radical (unpaired) electrons. The summed E-state index contributed by atoms with van der Waals surface area (Å²) in [6, 6.07) is 12.3. The first-order valence-electron chi connectivity index (χ1n) is 11.5. The van der Waals surface area contributed by atoms with Gasteiger partial charge in [-0.25, -0.2) is 4.98 Å². The summed E-state index contributed by atoms with van der Waals surface area (Å²) in [5.74, 6) is -0.232. The minimum absolute atomic E-state index is 0.0460. The van der Waals surface area contributed by atoms with E-state index in [1.165, 1.54) is 6.07 Å². The van der Waals surface area contributed by atoms with Gasteiger partial charge in [0.2, 0.25) is 5.91 Å². The van der Waals surface area contributed by atoms with E-state index in [4.69, 9.17) is 11.6 Å². The number of nitrogens with zero attached hydrogens (tertiary/aromatic N) is 5. The maximum absolute atomic E-state index is 13.3. The Morgan fingerprint density at radius 2 is 1.91 bits per heavy atom. The molecule has 1 aromatic carbocycles. The molecule has 0 fully saturated rings. The summed E-state index contributed by atoms with van der Waals surface area (Å²) in [7, 11) is 1.83. The largest absolute Gasteiger partial charge is 0.323 e. The molecule has 0 saturated carbocycles. The van der Waals surface area contributed by atoms with Gasteiger partial charge in [-0.05, 0) is 37.1 Å². The first-order valence-corrected chi connectivity index (χ1v) is 11.9. The third-order valence-corrected chi connectivity index (χ3v) is 6.68. The van der Waals surface area contributed by atoms with E-state index >= 15 is 0 Å². The molecule has 2 bridgehead atoms. The quantitative estimate of drug-likeness (QED) is 0.441. The molecule has 0 aliphatic carbocycles. The van der Waals surface area contributed by atoms with E-state index in [-0.39, 0.29) is 23.4 Å². The maximum atomic E-state index is 13.3. The molecule has 35 heavy (non-hydrogen) atoms. The van der Waals surface area contributed by atoms with Crippen LogP contribution in [0.3, 0.4) is 0 Å². The van der Waals surface area contributed by atoms with Crippen LogP contribution < -0.4 is 10.9 Å². The summed E-state index contributed by atoms with van der Waals surface area (Å²) in [6.45, 7) is 1.91. The summed E-state index contributed by atoms with van der Waals surface area (Å²) in [4.78, 5) is 35.3. The predicted molar refractivity (Wildman–Crippen MR) is 135 cm³/mol. The molecule has 2 atom stereocenters. The van der Waals surface area contributed by atoms with Crippen molar-refractivity contribution in [1.29, 1.82) is 0 Å². The Kier molecular flexibility index (Phi) is 6.21. The Morgan fingerprint density at radius 1 is 1.06 bits per heavy atom. The van der Waals surface area contributed by atoms with Gasteiger partial charge >= 0.3 is 0 Å². The highest BCUT2D eigenvalue weighted by molar-refractivity contribution is 6.30. The van der Waals surface area contributed by atoms with Gasteiger partial charge in [0, 0.05) is 41.4 Å². The van der Waals surface area contributed by atoms with Crippen molar-refractivity contribution in [3.63, 3.8) is 0 Å². The molecule has 3 aromatic heterocycles. The molecule has 5 rings (SSSR count). The zero-order chi connectivity index (χ0) is 24.5. The zero-order valence-corrected chi connectivity index (χ0v) is 20.2. The van der Waals surface area contributed by atoms with E-state index in [9.17, 15) is 9.59 Å². The van der Waals surface area contributed by atoms with Crippen molar-refractivity contribution in [3.05, 3.63) is 82.3 Å². The van der Waals surface area contributed by atoms with E-state index in [0.717, 1.165) is 28.9 Å². The van der Waals surface area contributed by atoms with Gasteiger partial charge in [0.1, 0.15) is 0 Å². The van der Waals surface area contributed by atoms with Gasteiger partial charge in [-0.15, -0.1) is 0 Å². The van der Waals surface area contributed by atoms with Crippen molar-refractivity contribution in [1.82, 2.24) is 24.3 Å². The highest BCUT2D eigenvalue weighted by Crippen LogP contribution is 2.32. The van der Waals surface area contributed by atoms with Gasteiger partial charge in [0.05, 0.1) is 41.3 Å². The van der Waals surface area contributed by atoms with Gasteiger partial charge in [-0.1, -0.05) is 37.1 Å². The number of aromatic nitrogens is 5. The molecule has 0 saturated heterocycles. The standard InChI is InChI=1S/C26H25ClN6O2/c1-16-5-3-8-23(33-15-29-20(13-24(33)34)17-6-4-7-19(27)11-17)21-12-18(9-10-28-21)25-22(31-26(16)35)14-30-32(25)2/h4,6-7,9-16,23H,3,5,8H2,1-2H3,(H,31,35)/t16-,23+/m1/s1. The lowest BCUT2D eigenvalue weighted by Crippen LogP contribution is -2.27. The smallest absolute Gasteiger partial charge is 0.254 e. The SMILES string of the molecule is C[C@@H]1CCC[C@H](n2cnc(-c3cccc(Cl)c3)cc2=O)c2cc(ccn2)-c2c(cnn2C)NC1=O. The summed E-state index contributed by atoms with van der Waals surface area (Å²) >= 11 is 6.12. The number of carbonyl (C=O) groups excluding carboxylic acids is 1. The number of nitrogens with one attached hydrogen (secondary N) is 1. The summed E-state index contributed by atoms with van der Waals surface area (Å²) in [5.41, 5.74) is 4.23. The minimum Gasteiger partial charge on any atom is -0.323 e. The van der Waals surface area contributed by atoms with Crippen LogP contribution in [0.25, 0.3) is 22.5 Å². The van der Waals surface area contributed by atoms with E-state index < -0.39 is 0 Å². The van der Waals surface area contributed by atoms with Crippen LogP contribution in [0.5, 0.6) is 0 Å². The first-order chi connectivity index (χ1) is 16.9. The molecule has 1 aliphatic heterocycles. The third-order valence-electron chi connectivity index (χ3n) is 6.45. The number of aryl methyl sites for hydroxylation is 1. The molecular weight excluding hydrogens is 464 g/mol.